The Hall–Kier alpha value is -1.55. The lowest BCUT2D eigenvalue weighted by Crippen LogP contribution is -2.15. The Labute approximate surface area is 194 Å². The Balaban J connectivity index is 1.58. The summed E-state index contributed by atoms with van der Waals surface area (Å²) in [7, 11) is 0. The van der Waals surface area contributed by atoms with E-state index in [1.165, 1.54) is 11.8 Å². The standard InChI is InChI=1S/C19H17Br2ClN4O2S/c1-2-26-17(10-28-14-6-3-12(20)4-7-14)24-25-19(26)29-11-18(27)23-16-8-5-13(21)9-15(16)22/h3-9H,2,10-11H2,1H3,(H,23,27). The number of thioether (sulfide) groups is 1. The minimum Gasteiger partial charge on any atom is -0.486 e. The van der Waals surface area contributed by atoms with Gasteiger partial charge < -0.3 is 14.6 Å². The molecular weight excluding hydrogens is 544 g/mol. The molecule has 0 saturated carbocycles. The molecule has 0 aliphatic heterocycles. The first-order chi connectivity index (χ1) is 14.0. The maximum Gasteiger partial charge on any atom is 0.234 e. The molecule has 1 N–H and O–H groups in total. The van der Waals surface area contributed by atoms with Gasteiger partial charge in [0.05, 0.1) is 16.5 Å². The van der Waals surface area contributed by atoms with Crippen molar-refractivity contribution >= 4 is 66.8 Å². The van der Waals surface area contributed by atoms with Gasteiger partial charge in [-0.3, -0.25) is 4.79 Å². The minimum atomic E-state index is -0.169. The molecule has 0 bridgehead atoms. The van der Waals surface area contributed by atoms with Crippen LogP contribution in [0, 0.1) is 0 Å². The number of halogens is 3. The third-order valence-corrected chi connectivity index (χ3v) is 6.13. The molecule has 0 spiro atoms. The number of carbonyl (C=O) groups excluding carboxylic acids is 1. The molecule has 3 aromatic rings. The Morgan fingerprint density at radius 1 is 1.17 bits per heavy atom. The average molecular weight is 561 g/mol. The molecule has 1 heterocycles. The third kappa shape index (κ3) is 6.21. The first-order valence-electron chi connectivity index (χ1n) is 8.64. The van der Waals surface area contributed by atoms with Crippen molar-refractivity contribution < 1.29 is 9.53 Å². The predicted octanol–water partition coefficient (Wildman–Crippen LogP) is 5.79. The largest absolute Gasteiger partial charge is 0.486 e. The topological polar surface area (TPSA) is 69.0 Å². The lowest BCUT2D eigenvalue weighted by Gasteiger charge is -2.09. The molecule has 10 heteroatoms. The van der Waals surface area contributed by atoms with Crippen LogP contribution >= 0.6 is 55.2 Å². The second-order valence-electron chi connectivity index (χ2n) is 5.85. The van der Waals surface area contributed by atoms with Gasteiger partial charge in [0, 0.05) is 15.5 Å². The summed E-state index contributed by atoms with van der Waals surface area (Å²) in [6, 6.07) is 12.9. The minimum absolute atomic E-state index is 0.169. The highest BCUT2D eigenvalue weighted by atomic mass is 79.9. The van der Waals surface area contributed by atoms with E-state index in [0.29, 0.717) is 34.8 Å². The van der Waals surface area contributed by atoms with Crippen LogP contribution < -0.4 is 10.1 Å². The molecule has 2 aromatic carbocycles. The first-order valence-corrected chi connectivity index (χ1v) is 11.6. The van der Waals surface area contributed by atoms with Crippen molar-refractivity contribution in [3.8, 4) is 5.75 Å². The first kappa shape index (κ1) is 22.1. The number of hydrogen-bond acceptors (Lipinski definition) is 5. The number of amides is 1. The molecule has 0 saturated heterocycles. The maximum absolute atomic E-state index is 12.3. The van der Waals surface area contributed by atoms with Gasteiger partial charge >= 0.3 is 0 Å². The van der Waals surface area contributed by atoms with Gasteiger partial charge in [-0.15, -0.1) is 10.2 Å². The monoisotopic (exact) mass is 558 g/mol. The molecule has 0 aliphatic rings. The van der Waals surface area contributed by atoms with Crippen molar-refractivity contribution in [1.29, 1.82) is 0 Å². The van der Waals surface area contributed by atoms with E-state index in [9.17, 15) is 4.79 Å². The fourth-order valence-electron chi connectivity index (χ4n) is 2.44. The summed E-state index contributed by atoms with van der Waals surface area (Å²) >= 11 is 14.2. The van der Waals surface area contributed by atoms with E-state index in [-0.39, 0.29) is 11.7 Å². The smallest absolute Gasteiger partial charge is 0.234 e. The molecule has 0 aliphatic carbocycles. The molecule has 6 nitrogen and oxygen atoms in total. The number of rotatable bonds is 8. The Bertz CT molecular complexity index is 998. The average Bonchev–Trinajstić information content (AvgIpc) is 3.10. The number of anilines is 1. The van der Waals surface area contributed by atoms with E-state index < -0.39 is 0 Å². The number of benzene rings is 2. The summed E-state index contributed by atoms with van der Waals surface area (Å²) in [4.78, 5) is 12.3. The van der Waals surface area contributed by atoms with Gasteiger partial charge in [0.15, 0.2) is 11.0 Å². The van der Waals surface area contributed by atoms with E-state index >= 15 is 0 Å². The zero-order chi connectivity index (χ0) is 20.8. The van der Waals surface area contributed by atoms with Crippen LogP contribution in [0.5, 0.6) is 5.75 Å². The summed E-state index contributed by atoms with van der Waals surface area (Å²) < 4.78 is 9.55. The Morgan fingerprint density at radius 2 is 1.90 bits per heavy atom. The van der Waals surface area contributed by atoms with Crippen LogP contribution in [0.25, 0.3) is 0 Å². The Morgan fingerprint density at radius 3 is 2.59 bits per heavy atom. The van der Waals surface area contributed by atoms with Gasteiger partial charge in [-0.05, 0) is 49.4 Å². The van der Waals surface area contributed by atoms with Gasteiger partial charge in [0.25, 0.3) is 0 Å². The van der Waals surface area contributed by atoms with Crippen LogP contribution in [0.2, 0.25) is 5.02 Å². The highest BCUT2D eigenvalue weighted by Crippen LogP contribution is 2.26. The predicted molar refractivity (Wildman–Crippen MR) is 123 cm³/mol. The fourth-order valence-corrected chi connectivity index (χ4v) is 4.24. The van der Waals surface area contributed by atoms with Crippen LogP contribution in [-0.4, -0.2) is 26.4 Å². The van der Waals surface area contributed by atoms with E-state index in [1.807, 2.05) is 41.8 Å². The number of nitrogens with one attached hydrogen (secondary N) is 1. The van der Waals surface area contributed by atoms with Gasteiger partial charge in [-0.1, -0.05) is 55.2 Å². The van der Waals surface area contributed by atoms with Crippen molar-refractivity contribution in [3.63, 3.8) is 0 Å². The number of nitrogens with zero attached hydrogens (tertiary/aromatic N) is 3. The third-order valence-electron chi connectivity index (χ3n) is 3.83. The van der Waals surface area contributed by atoms with Crippen molar-refractivity contribution in [1.82, 2.24) is 14.8 Å². The molecule has 0 radical (unpaired) electrons. The molecule has 1 aromatic heterocycles. The summed E-state index contributed by atoms with van der Waals surface area (Å²) in [6.45, 7) is 2.97. The number of ether oxygens (including phenoxy) is 1. The molecule has 0 fully saturated rings. The molecule has 1 amide bonds. The van der Waals surface area contributed by atoms with Gasteiger partial charge in [0.2, 0.25) is 5.91 Å². The normalized spacial score (nSPS) is 10.8. The zero-order valence-electron chi connectivity index (χ0n) is 15.4. The van der Waals surface area contributed by atoms with Crippen molar-refractivity contribution in [2.45, 2.75) is 25.2 Å². The van der Waals surface area contributed by atoms with Crippen LogP contribution in [0.15, 0.2) is 56.6 Å². The number of carbonyl (C=O) groups is 1. The van der Waals surface area contributed by atoms with Crippen molar-refractivity contribution in [2.24, 2.45) is 0 Å². The number of aromatic nitrogens is 3. The second-order valence-corrected chi connectivity index (χ2v) is 9.03. The second kappa shape index (κ2) is 10.5. The maximum atomic E-state index is 12.3. The van der Waals surface area contributed by atoms with Gasteiger partial charge in [0.1, 0.15) is 12.4 Å². The Kier molecular flexibility index (Phi) is 7.99. The lowest BCUT2D eigenvalue weighted by atomic mass is 10.3. The molecule has 152 valence electrons. The van der Waals surface area contributed by atoms with Crippen molar-refractivity contribution in [3.05, 3.63) is 62.3 Å². The number of hydrogen-bond donors (Lipinski definition) is 1. The van der Waals surface area contributed by atoms with E-state index in [1.54, 1.807) is 12.1 Å². The molecule has 0 atom stereocenters. The fraction of sp³-hybridized carbons (Fsp3) is 0.211. The van der Waals surface area contributed by atoms with E-state index in [0.717, 1.165) is 14.7 Å². The molecular formula is C19H17Br2ClN4O2S. The van der Waals surface area contributed by atoms with Crippen LogP contribution in [0.1, 0.15) is 12.7 Å². The summed E-state index contributed by atoms with van der Waals surface area (Å²) in [5.74, 6) is 1.48. The highest BCUT2D eigenvalue weighted by Gasteiger charge is 2.14. The van der Waals surface area contributed by atoms with E-state index in [4.69, 9.17) is 16.3 Å². The van der Waals surface area contributed by atoms with Crippen molar-refractivity contribution in [2.75, 3.05) is 11.1 Å². The van der Waals surface area contributed by atoms with Crippen LogP contribution in [-0.2, 0) is 17.9 Å². The van der Waals surface area contributed by atoms with Gasteiger partial charge in [-0.2, -0.15) is 0 Å². The molecule has 29 heavy (non-hydrogen) atoms. The summed E-state index contributed by atoms with van der Waals surface area (Å²) in [5.41, 5.74) is 0.570. The van der Waals surface area contributed by atoms with E-state index in [2.05, 4.69) is 47.4 Å². The van der Waals surface area contributed by atoms with Crippen LogP contribution in [0.3, 0.4) is 0 Å². The van der Waals surface area contributed by atoms with Crippen LogP contribution in [0.4, 0.5) is 5.69 Å². The SMILES string of the molecule is CCn1c(COc2ccc(Br)cc2)nnc1SCC(=O)Nc1ccc(Br)cc1Cl. The quantitative estimate of drug-likeness (QED) is 0.354. The highest BCUT2D eigenvalue weighted by molar-refractivity contribution is 9.10. The van der Waals surface area contributed by atoms with Gasteiger partial charge in [-0.25, -0.2) is 0 Å². The lowest BCUT2D eigenvalue weighted by molar-refractivity contribution is -0.113. The summed E-state index contributed by atoms with van der Waals surface area (Å²) in [6.07, 6.45) is 0. The molecule has 0 unspecified atom stereocenters. The summed E-state index contributed by atoms with van der Waals surface area (Å²) in [5, 5.41) is 12.3. The zero-order valence-corrected chi connectivity index (χ0v) is 20.1. The molecule has 3 rings (SSSR count).